The summed E-state index contributed by atoms with van der Waals surface area (Å²) in [6.45, 7) is 4.61. The summed E-state index contributed by atoms with van der Waals surface area (Å²) < 4.78 is 17.3. The largest absolute Gasteiger partial charge is 0.477 e. The first-order valence-electron chi connectivity index (χ1n) is 25.3. The second kappa shape index (κ2) is 44.6. The number of nitrogens with zero attached hydrogens (tertiary/aromatic N) is 1. The number of carbonyl (C=O) groups excluding carboxylic acids is 2. The van der Waals surface area contributed by atoms with E-state index in [0.717, 1.165) is 83.5 Å². The molecule has 0 aliphatic carbocycles. The lowest BCUT2D eigenvalue weighted by molar-refractivity contribution is -0.887. The zero-order chi connectivity index (χ0) is 45.6. The highest BCUT2D eigenvalue weighted by Crippen LogP contribution is 2.14. The van der Waals surface area contributed by atoms with E-state index >= 15 is 0 Å². The van der Waals surface area contributed by atoms with E-state index in [2.05, 4.69) is 74.6 Å². The van der Waals surface area contributed by atoms with Crippen LogP contribution < -0.4 is 0 Å². The highest BCUT2D eigenvalue weighted by atomic mass is 16.6. The molecule has 1 N–H and O–H groups in total. The minimum atomic E-state index is -0.879. The van der Waals surface area contributed by atoms with Crippen molar-refractivity contribution < 1.29 is 38.2 Å². The van der Waals surface area contributed by atoms with Crippen molar-refractivity contribution in [2.24, 2.45) is 0 Å². The SMILES string of the molecule is CC/C=C/C/C=C/C/C=C/CCCCCCCCC(=O)OC(COCCC(C(=O)O)[N+](C)(C)C)COC(=O)CCCCCCCCC/C=C/C/C=C/CCCCCCCCCC. The number of likely N-dealkylation sites (N-methyl/N-ethyl adjacent to an activating group) is 1. The normalized spacial score (nSPS) is 13.4. The Labute approximate surface area is 381 Å². The molecule has 0 amide bonds. The molecule has 8 heteroatoms. The van der Waals surface area contributed by atoms with Crippen molar-refractivity contribution >= 4 is 17.9 Å². The smallest absolute Gasteiger partial charge is 0.362 e. The Morgan fingerprint density at radius 2 is 0.903 bits per heavy atom. The molecule has 0 radical (unpaired) electrons. The van der Waals surface area contributed by atoms with Crippen LogP contribution in [0, 0.1) is 0 Å². The topological polar surface area (TPSA) is 99.1 Å². The summed E-state index contributed by atoms with van der Waals surface area (Å²) in [7, 11) is 5.52. The van der Waals surface area contributed by atoms with Crippen LogP contribution in [0.25, 0.3) is 0 Å². The van der Waals surface area contributed by atoms with Gasteiger partial charge in [-0.3, -0.25) is 9.59 Å². The monoisotopic (exact) mass is 871 g/mol. The number of aliphatic carboxylic acids is 1. The molecule has 358 valence electrons. The molecule has 0 aromatic heterocycles. The quantitative estimate of drug-likeness (QED) is 0.0282. The number of hydrogen-bond acceptors (Lipinski definition) is 6. The molecule has 0 aliphatic rings. The maximum atomic E-state index is 12.8. The van der Waals surface area contributed by atoms with Crippen LogP contribution in [0.2, 0.25) is 0 Å². The molecule has 0 aromatic rings. The van der Waals surface area contributed by atoms with Gasteiger partial charge in [-0.15, -0.1) is 0 Å². The van der Waals surface area contributed by atoms with E-state index in [0.29, 0.717) is 19.3 Å². The van der Waals surface area contributed by atoms with Crippen molar-refractivity contribution in [3.63, 3.8) is 0 Å². The number of ether oxygens (including phenoxy) is 3. The zero-order valence-corrected chi connectivity index (χ0v) is 40.8. The Kier molecular flexibility index (Phi) is 42.5. The van der Waals surface area contributed by atoms with Gasteiger partial charge in [-0.25, -0.2) is 4.79 Å². The maximum Gasteiger partial charge on any atom is 0.362 e. The van der Waals surface area contributed by atoms with Crippen LogP contribution >= 0.6 is 0 Å². The number of unbranched alkanes of at least 4 members (excludes halogenated alkanes) is 21. The highest BCUT2D eigenvalue weighted by molar-refractivity contribution is 5.72. The van der Waals surface area contributed by atoms with Gasteiger partial charge in [0.15, 0.2) is 12.1 Å². The molecule has 0 rings (SSSR count). The van der Waals surface area contributed by atoms with Gasteiger partial charge in [-0.2, -0.15) is 0 Å². The molecule has 8 nitrogen and oxygen atoms in total. The summed E-state index contributed by atoms with van der Waals surface area (Å²) in [5.74, 6) is -1.49. The van der Waals surface area contributed by atoms with Crippen LogP contribution in [0.5, 0.6) is 0 Å². The average molecular weight is 871 g/mol. The number of carboxylic acid groups (broad SMARTS) is 1. The fourth-order valence-electron chi connectivity index (χ4n) is 7.25. The predicted molar refractivity (Wildman–Crippen MR) is 261 cm³/mol. The first-order valence-corrected chi connectivity index (χ1v) is 25.3. The standard InChI is InChI=1S/C54H95NO7/c1-6-8-10-12-14-16-18-20-22-24-25-26-27-28-29-31-32-34-36-38-40-42-44-52(56)61-49-50(48-60-47-46-51(54(58)59)55(3,4)5)62-53(57)45-43-41-39-37-35-33-30-23-21-19-17-15-13-11-9-7-2/h9,11,15,17,21,23-25,27-28,50-51H,6-8,10,12-14,16,18-20,22,26,29-49H2,1-5H3/p+1/b11-9+,17-15+,23-21+,25-24+,28-27+. The molecule has 0 aliphatic heterocycles. The summed E-state index contributed by atoms with van der Waals surface area (Å²) >= 11 is 0. The molecule has 0 saturated carbocycles. The minimum absolute atomic E-state index is 0.0514. The van der Waals surface area contributed by atoms with Gasteiger partial charge in [0.05, 0.1) is 34.4 Å². The van der Waals surface area contributed by atoms with Gasteiger partial charge in [0, 0.05) is 19.3 Å². The highest BCUT2D eigenvalue weighted by Gasteiger charge is 2.31. The van der Waals surface area contributed by atoms with Gasteiger partial charge in [0.2, 0.25) is 0 Å². The number of rotatable bonds is 45. The number of carbonyl (C=O) groups is 3. The van der Waals surface area contributed by atoms with E-state index < -0.39 is 18.1 Å². The molecule has 0 aromatic carbocycles. The third-order valence-corrected chi connectivity index (χ3v) is 11.2. The van der Waals surface area contributed by atoms with Gasteiger partial charge >= 0.3 is 17.9 Å². The van der Waals surface area contributed by atoms with E-state index in [-0.39, 0.29) is 36.2 Å². The molecule has 0 bridgehead atoms. The molecule has 2 atom stereocenters. The Morgan fingerprint density at radius 1 is 0.500 bits per heavy atom. The Bertz CT molecular complexity index is 1200. The van der Waals surface area contributed by atoms with E-state index in [9.17, 15) is 19.5 Å². The lowest BCUT2D eigenvalue weighted by Crippen LogP contribution is -2.50. The molecular formula is C54H96NO7+. The number of esters is 2. The predicted octanol–water partition coefficient (Wildman–Crippen LogP) is 14.5. The first-order chi connectivity index (χ1) is 30.1. The zero-order valence-electron chi connectivity index (χ0n) is 40.8. The van der Waals surface area contributed by atoms with E-state index in [1.807, 2.05) is 21.1 Å². The van der Waals surface area contributed by atoms with Crippen LogP contribution in [0.4, 0.5) is 0 Å². The summed E-state index contributed by atoms with van der Waals surface area (Å²) in [6.07, 6.45) is 55.5. The van der Waals surface area contributed by atoms with Gasteiger partial charge in [-0.1, -0.05) is 177 Å². The van der Waals surface area contributed by atoms with Crippen molar-refractivity contribution in [1.29, 1.82) is 0 Å². The van der Waals surface area contributed by atoms with Crippen molar-refractivity contribution in [1.82, 2.24) is 0 Å². The van der Waals surface area contributed by atoms with E-state index in [1.165, 1.54) is 96.3 Å². The number of carboxylic acids is 1. The molecule has 0 fully saturated rings. The van der Waals surface area contributed by atoms with Crippen LogP contribution in [-0.4, -0.2) is 80.6 Å². The van der Waals surface area contributed by atoms with Crippen LogP contribution in [0.15, 0.2) is 60.8 Å². The molecule has 0 heterocycles. The Morgan fingerprint density at radius 3 is 1.34 bits per heavy atom. The third kappa shape index (κ3) is 42.3. The van der Waals surface area contributed by atoms with Gasteiger partial charge in [-0.05, 0) is 77.0 Å². The molecule has 62 heavy (non-hydrogen) atoms. The first kappa shape index (κ1) is 59.0. The fraction of sp³-hybridized carbons (Fsp3) is 0.759. The minimum Gasteiger partial charge on any atom is -0.477 e. The van der Waals surface area contributed by atoms with E-state index in [4.69, 9.17) is 14.2 Å². The van der Waals surface area contributed by atoms with Crippen LogP contribution in [0.3, 0.4) is 0 Å². The molecule has 0 saturated heterocycles. The Hall–Kier alpha value is -2.97. The number of hydrogen-bond donors (Lipinski definition) is 1. The summed E-state index contributed by atoms with van der Waals surface area (Å²) in [6, 6.07) is -0.621. The van der Waals surface area contributed by atoms with Crippen molar-refractivity contribution in [3.8, 4) is 0 Å². The number of allylic oxidation sites excluding steroid dienone is 10. The third-order valence-electron chi connectivity index (χ3n) is 11.2. The Balaban J connectivity index is 4.27. The second-order valence-corrected chi connectivity index (χ2v) is 18.0. The summed E-state index contributed by atoms with van der Waals surface area (Å²) in [5.41, 5.74) is 0. The van der Waals surface area contributed by atoms with Gasteiger partial charge in [0.25, 0.3) is 0 Å². The van der Waals surface area contributed by atoms with Gasteiger partial charge < -0.3 is 23.8 Å². The number of quaternary nitrogens is 1. The average Bonchev–Trinajstić information content (AvgIpc) is 3.23. The van der Waals surface area contributed by atoms with Crippen molar-refractivity contribution in [3.05, 3.63) is 60.8 Å². The maximum absolute atomic E-state index is 12.8. The summed E-state index contributed by atoms with van der Waals surface area (Å²) in [4.78, 5) is 37.1. The molecule has 0 spiro atoms. The summed E-state index contributed by atoms with van der Waals surface area (Å²) in [5, 5.41) is 9.65. The lowest BCUT2D eigenvalue weighted by atomic mass is 10.1. The van der Waals surface area contributed by atoms with Crippen LogP contribution in [0.1, 0.15) is 213 Å². The molecular weight excluding hydrogens is 775 g/mol. The van der Waals surface area contributed by atoms with Crippen molar-refractivity contribution in [2.75, 3.05) is 41.0 Å². The fourth-order valence-corrected chi connectivity index (χ4v) is 7.25. The van der Waals surface area contributed by atoms with E-state index in [1.54, 1.807) is 0 Å². The van der Waals surface area contributed by atoms with Crippen molar-refractivity contribution in [2.45, 2.75) is 225 Å². The molecule has 2 unspecified atom stereocenters. The van der Waals surface area contributed by atoms with Gasteiger partial charge in [0.1, 0.15) is 6.61 Å². The second-order valence-electron chi connectivity index (χ2n) is 18.0. The van der Waals surface area contributed by atoms with Crippen LogP contribution in [-0.2, 0) is 28.6 Å². The lowest BCUT2D eigenvalue weighted by Gasteiger charge is -2.31.